The molecule has 28 heavy (non-hydrogen) atoms. The van der Waals surface area contributed by atoms with Crippen LogP contribution in [0.25, 0.3) is 10.9 Å². The summed E-state index contributed by atoms with van der Waals surface area (Å²) in [6, 6.07) is 9.56. The van der Waals surface area contributed by atoms with E-state index in [0.29, 0.717) is 36.2 Å². The van der Waals surface area contributed by atoms with Crippen LogP contribution in [-0.2, 0) is 12.8 Å². The lowest BCUT2D eigenvalue weighted by Crippen LogP contribution is -2.23. The number of benzene rings is 2. The molecule has 2 heterocycles. The largest absolute Gasteiger partial charge is 0.497 e. The van der Waals surface area contributed by atoms with Gasteiger partial charge in [-0.2, -0.15) is 0 Å². The van der Waals surface area contributed by atoms with Gasteiger partial charge in [-0.15, -0.1) is 0 Å². The van der Waals surface area contributed by atoms with Crippen LogP contribution in [0.1, 0.15) is 11.4 Å². The lowest BCUT2D eigenvalue weighted by atomic mass is 9.93. The molecule has 1 aliphatic rings. The van der Waals surface area contributed by atoms with Crippen molar-refractivity contribution < 1.29 is 18.9 Å². The molecule has 0 bridgehead atoms. The number of nitrogens with zero attached hydrogens (tertiary/aromatic N) is 2. The maximum atomic E-state index is 6.19. The third-order valence-corrected chi connectivity index (χ3v) is 5.01. The van der Waals surface area contributed by atoms with E-state index in [9.17, 15) is 0 Å². The highest BCUT2D eigenvalue weighted by Gasteiger charge is 2.22. The fraction of sp³-hybridized carbons (Fsp3) is 0.333. The number of anilines is 1. The van der Waals surface area contributed by atoms with Crippen molar-refractivity contribution in [2.24, 2.45) is 5.92 Å². The number of nitrogens with two attached hydrogens (primary N) is 1. The molecule has 0 saturated carbocycles. The quantitative estimate of drug-likeness (QED) is 0.727. The summed E-state index contributed by atoms with van der Waals surface area (Å²) in [5.74, 6) is 4.30. The molecular weight excluding hydrogens is 358 g/mol. The van der Waals surface area contributed by atoms with Gasteiger partial charge in [0.1, 0.15) is 23.1 Å². The molecule has 0 radical (unpaired) electrons. The molecule has 0 aliphatic carbocycles. The van der Waals surface area contributed by atoms with Gasteiger partial charge in [-0.1, -0.05) is 6.07 Å². The second kappa shape index (κ2) is 7.42. The third kappa shape index (κ3) is 3.35. The Morgan fingerprint density at radius 1 is 1.04 bits per heavy atom. The summed E-state index contributed by atoms with van der Waals surface area (Å²) in [7, 11) is 4.84. The fourth-order valence-corrected chi connectivity index (χ4v) is 3.55. The van der Waals surface area contributed by atoms with Crippen molar-refractivity contribution in [3.8, 4) is 23.0 Å². The van der Waals surface area contributed by atoms with Gasteiger partial charge in [0.15, 0.2) is 11.5 Å². The van der Waals surface area contributed by atoms with Gasteiger partial charge in [0.25, 0.3) is 0 Å². The smallest absolute Gasteiger partial charge is 0.162 e. The van der Waals surface area contributed by atoms with E-state index in [2.05, 4.69) is 4.98 Å². The molecule has 146 valence electrons. The van der Waals surface area contributed by atoms with Gasteiger partial charge in [-0.05, 0) is 24.1 Å². The van der Waals surface area contributed by atoms with Crippen molar-refractivity contribution in [1.82, 2.24) is 9.97 Å². The molecule has 1 aliphatic heterocycles. The first-order valence-electron chi connectivity index (χ1n) is 9.09. The summed E-state index contributed by atoms with van der Waals surface area (Å²) < 4.78 is 21.9. The summed E-state index contributed by atoms with van der Waals surface area (Å²) >= 11 is 0. The van der Waals surface area contributed by atoms with Crippen LogP contribution in [0, 0.1) is 5.92 Å². The molecule has 4 rings (SSSR count). The van der Waals surface area contributed by atoms with Gasteiger partial charge in [-0.3, -0.25) is 0 Å². The zero-order valence-corrected chi connectivity index (χ0v) is 16.2. The lowest BCUT2D eigenvalue weighted by molar-refractivity contribution is 0.218. The van der Waals surface area contributed by atoms with E-state index in [1.54, 1.807) is 27.4 Å². The molecule has 1 atom stereocenters. The predicted octanol–water partition coefficient (Wildman–Crippen LogP) is 3.03. The van der Waals surface area contributed by atoms with E-state index in [-0.39, 0.29) is 5.92 Å². The highest BCUT2D eigenvalue weighted by Crippen LogP contribution is 2.34. The van der Waals surface area contributed by atoms with Crippen molar-refractivity contribution >= 4 is 16.7 Å². The number of rotatable bonds is 5. The summed E-state index contributed by atoms with van der Waals surface area (Å²) in [4.78, 5) is 9.20. The molecular formula is C21H23N3O4. The first-order chi connectivity index (χ1) is 13.6. The number of nitrogen functional groups attached to an aromatic ring is 1. The van der Waals surface area contributed by atoms with Crippen LogP contribution in [0.3, 0.4) is 0 Å². The Morgan fingerprint density at radius 3 is 2.57 bits per heavy atom. The van der Waals surface area contributed by atoms with Crippen molar-refractivity contribution in [1.29, 1.82) is 0 Å². The minimum Gasteiger partial charge on any atom is -0.497 e. The number of hydrogen-bond donors (Lipinski definition) is 1. The predicted molar refractivity (Wildman–Crippen MR) is 106 cm³/mol. The van der Waals surface area contributed by atoms with Crippen molar-refractivity contribution in [2.75, 3.05) is 33.7 Å². The molecule has 0 fully saturated rings. The van der Waals surface area contributed by atoms with Gasteiger partial charge in [0, 0.05) is 29.9 Å². The fourth-order valence-electron chi connectivity index (χ4n) is 3.55. The molecule has 3 aromatic rings. The van der Waals surface area contributed by atoms with Crippen LogP contribution in [0.4, 0.5) is 5.82 Å². The van der Waals surface area contributed by atoms with Crippen LogP contribution in [0.2, 0.25) is 0 Å². The van der Waals surface area contributed by atoms with Gasteiger partial charge in [0.05, 0.1) is 33.5 Å². The Hall–Kier alpha value is -3.22. The molecule has 2 aromatic carbocycles. The Bertz CT molecular complexity index is 1020. The van der Waals surface area contributed by atoms with Crippen LogP contribution >= 0.6 is 0 Å². The number of fused-ring (bicyclic) bond motifs is 2. The first-order valence-corrected chi connectivity index (χ1v) is 9.09. The van der Waals surface area contributed by atoms with Crippen LogP contribution in [0.5, 0.6) is 23.0 Å². The van der Waals surface area contributed by atoms with E-state index < -0.39 is 0 Å². The van der Waals surface area contributed by atoms with E-state index in [0.717, 1.165) is 34.4 Å². The Morgan fingerprint density at radius 2 is 1.82 bits per heavy atom. The van der Waals surface area contributed by atoms with Crippen molar-refractivity contribution in [3.63, 3.8) is 0 Å². The van der Waals surface area contributed by atoms with E-state index in [4.69, 9.17) is 29.7 Å². The summed E-state index contributed by atoms with van der Waals surface area (Å²) in [6.07, 6.45) is 1.58. The highest BCUT2D eigenvalue weighted by molar-refractivity contribution is 5.90. The Labute approximate surface area is 163 Å². The van der Waals surface area contributed by atoms with E-state index in [1.165, 1.54) is 0 Å². The van der Waals surface area contributed by atoms with Gasteiger partial charge in [0.2, 0.25) is 0 Å². The third-order valence-electron chi connectivity index (χ3n) is 5.01. The molecule has 7 heteroatoms. The SMILES string of the molecule is COc1ccc2c(c1)OCC(Cc1nc(N)c3cc(OC)c(OC)cc3n1)C2. The molecule has 7 nitrogen and oxygen atoms in total. The molecule has 0 spiro atoms. The second-order valence-corrected chi connectivity index (χ2v) is 6.81. The monoisotopic (exact) mass is 381 g/mol. The van der Waals surface area contributed by atoms with Crippen molar-refractivity contribution in [2.45, 2.75) is 12.8 Å². The molecule has 1 aromatic heterocycles. The zero-order valence-electron chi connectivity index (χ0n) is 16.2. The average Bonchev–Trinajstić information content (AvgIpc) is 2.72. The first kappa shape index (κ1) is 18.2. The molecule has 1 unspecified atom stereocenters. The van der Waals surface area contributed by atoms with Gasteiger partial charge >= 0.3 is 0 Å². The normalized spacial score (nSPS) is 15.6. The number of ether oxygens (including phenoxy) is 4. The number of hydrogen-bond acceptors (Lipinski definition) is 7. The number of aromatic nitrogens is 2. The second-order valence-electron chi connectivity index (χ2n) is 6.81. The standard InChI is InChI=1S/C21H23N3O4/c1-25-14-5-4-13-6-12(11-28-17(13)8-14)7-20-23-16-10-19(27-3)18(26-2)9-15(16)21(22)24-20/h4-5,8-10,12H,6-7,11H2,1-3H3,(H2,22,23,24). The lowest BCUT2D eigenvalue weighted by Gasteiger charge is -2.25. The summed E-state index contributed by atoms with van der Waals surface area (Å²) in [5.41, 5.74) is 8.10. The summed E-state index contributed by atoms with van der Waals surface area (Å²) in [5, 5.41) is 0.749. The zero-order chi connectivity index (χ0) is 19.7. The molecule has 2 N–H and O–H groups in total. The van der Waals surface area contributed by atoms with Crippen LogP contribution in [-0.4, -0.2) is 37.9 Å². The maximum Gasteiger partial charge on any atom is 0.162 e. The minimum atomic E-state index is 0.276. The van der Waals surface area contributed by atoms with Crippen LogP contribution in [0.15, 0.2) is 30.3 Å². The van der Waals surface area contributed by atoms with Gasteiger partial charge < -0.3 is 24.7 Å². The topological polar surface area (TPSA) is 88.7 Å². The summed E-state index contributed by atoms with van der Waals surface area (Å²) in [6.45, 7) is 0.605. The Balaban J connectivity index is 1.59. The average molecular weight is 381 g/mol. The number of methoxy groups -OCH3 is 3. The molecule has 0 saturated heterocycles. The molecule has 0 amide bonds. The maximum absolute atomic E-state index is 6.19. The van der Waals surface area contributed by atoms with Crippen molar-refractivity contribution in [3.05, 3.63) is 41.7 Å². The van der Waals surface area contributed by atoms with E-state index in [1.807, 2.05) is 24.3 Å². The van der Waals surface area contributed by atoms with Gasteiger partial charge in [-0.25, -0.2) is 9.97 Å². The van der Waals surface area contributed by atoms with Crippen LogP contribution < -0.4 is 24.7 Å². The highest BCUT2D eigenvalue weighted by atomic mass is 16.5. The van der Waals surface area contributed by atoms with E-state index >= 15 is 0 Å². The minimum absolute atomic E-state index is 0.276. The Kier molecular flexibility index (Phi) is 4.81.